The van der Waals surface area contributed by atoms with E-state index in [0.717, 1.165) is 5.56 Å². The van der Waals surface area contributed by atoms with Gasteiger partial charge in [-0.1, -0.05) is 12.1 Å². The van der Waals surface area contributed by atoms with E-state index in [2.05, 4.69) is 15.4 Å². The van der Waals surface area contributed by atoms with Crippen molar-refractivity contribution in [2.45, 2.75) is 19.4 Å². The molecule has 90 valence electrons. The zero-order chi connectivity index (χ0) is 12.4. The molecule has 0 fully saturated rings. The highest BCUT2D eigenvalue weighted by molar-refractivity contribution is 5.25. The van der Waals surface area contributed by atoms with E-state index in [4.69, 9.17) is 0 Å². The lowest BCUT2D eigenvalue weighted by atomic mass is 10.0. The van der Waals surface area contributed by atoms with E-state index in [9.17, 15) is 9.50 Å². The van der Waals surface area contributed by atoms with Crippen LogP contribution in [0.3, 0.4) is 0 Å². The smallest absolute Gasteiger partial charge is 0.177 e. The van der Waals surface area contributed by atoms with Crippen LogP contribution in [0.1, 0.15) is 23.1 Å². The van der Waals surface area contributed by atoms with Crippen LogP contribution in [-0.4, -0.2) is 25.3 Å². The first-order valence-corrected chi connectivity index (χ1v) is 5.23. The number of tetrazole rings is 1. The Bertz CT molecular complexity index is 526. The Hall–Kier alpha value is -1.82. The predicted octanol–water partition coefficient (Wildman–Crippen LogP) is 0.934. The summed E-state index contributed by atoms with van der Waals surface area (Å²) in [6.45, 7) is 1.80. The van der Waals surface area contributed by atoms with Gasteiger partial charge in [-0.3, -0.25) is 0 Å². The molecule has 2 rings (SSSR count). The molecule has 5 nitrogen and oxygen atoms in total. The maximum absolute atomic E-state index is 13.6. The van der Waals surface area contributed by atoms with Crippen LogP contribution < -0.4 is 0 Å². The van der Waals surface area contributed by atoms with Gasteiger partial charge < -0.3 is 5.11 Å². The SMILES string of the molecule is Cc1ccc(C(O)Cc2nnn(C)n2)c(F)c1. The third-order valence-electron chi connectivity index (χ3n) is 2.44. The zero-order valence-corrected chi connectivity index (χ0v) is 9.63. The van der Waals surface area contributed by atoms with Crippen molar-refractivity contribution in [3.8, 4) is 0 Å². The molecule has 0 aliphatic rings. The van der Waals surface area contributed by atoms with Crippen LogP contribution in [0, 0.1) is 12.7 Å². The Labute approximate surface area is 97.9 Å². The van der Waals surface area contributed by atoms with Crippen molar-refractivity contribution < 1.29 is 9.50 Å². The maximum atomic E-state index is 13.6. The molecule has 0 aliphatic heterocycles. The second kappa shape index (κ2) is 4.58. The van der Waals surface area contributed by atoms with Gasteiger partial charge in [-0.15, -0.1) is 10.2 Å². The second-order valence-corrected chi connectivity index (χ2v) is 3.94. The number of aliphatic hydroxyl groups is 1. The van der Waals surface area contributed by atoms with Gasteiger partial charge in [0.1, 0.15) is 5.82 Å². The minimum atomic E-state index is -0.959. The fraction of sp³-hybridized carbons (Fsp3) is 0.364. The predicted molar refractivity (Wildman–Crippen MR) is 58.6 cm³/mol. The molecule has 0 bridgehead atoms. The second-order valence-electron chi connectivity index (χ2n) is 3.94. The average Bonchev–Trinajstić information content (AvgIpc) is 2.63. The molecule has 0 spiro atoms. The Morgan fingerprint density at radius 2 is 2.24 bits per heavy atom. The van der Waals surface area contributed by atoms with E-state index < -0.39 is 11.9 Å². The molecule has 1 aromatic carbocycles. The molecule has 0 saturated heterocycles. The van der Waals surface area contributed by atoms with E-state index in [1.165, 1.54) is 10.9 Å². The van der Waals surface area contributed by atoms with Gasteiger partial charge in [0, 0.05) is 12.0 Å². The van der Waals surface area contributed by atoms with Gasteiger partial charge >= 0.3 is 0 Å². The normalized spacial score (nSPS) is 12.7. The van der Waals surface area contributed by atoms with Gasteiger partial charge in [0.15, 0.2) is 5.82 Å². The van der Waals surface area contributed by atoms with Crippen molar-refractivity contribution in [2.75, 3.05) is 0 Å². The minimum absolute atomic E-state index is 0.147. The van der Waals surface area contributed by atoms with Gasteiger partial charge in [-0.25, -0.2) is 4.39 Å². The first-order chi connectivity index (χ1) is 8.06. The first-order valence-electron chi connectivity index (χ1n) is 5.23. The molecule has 6 heteroatoms. The highest BCUT2D eigenvalue weighted by Gasteiger charge is 2.15. The van der Waals surface area contributed by atoms with Gasteiger partial charge in [0.05, 0.1) is 13.2 Å². The van der Waals surface area contributed by atoms with Crippen molar-refractivity contribution >= 4 is 0 Å². The summed E-state index contributed by atoms with van der Waals surface area (Å²) in [5.74, 6) is -0.0265. The molecular weight excluding hydrogens is 223 g/mol. The van der Waals surface area contributed by atoms with Crippen LogP contribution in [0.5, 0.6) is 0 Å². The number of hydrogen-bond acceptors (Lipinski definition) is 4. The fourth-order valence-electron chi connectivity index (χ4n) is 1.59. The summed E-state index contributed by atoms with van der Waals surface area (Å²) in [5, 5.41) is 21.2. The fourth-order valence-corrected chi connectivity index (χ4v) is 1.59. The lowest BCUT2D eigenvalue weighted by molar-refractivity contribution is 0.171. The third-order valence-corrected chi connectivity index (χ3v) is 2.44. The topological polar surface area (TPSA) is 63.8 Å². The molecule has 17 heavy (non-hydrogen) atoms. The highest BCUT2D eigenvalue weighted by Crippen LogP contribution is 2.20. The Kier molecular flexibility index (Phi) is 3.14. The van der Waals surface area contributed by atoms with Gasteiger partial charge in [0.25, 0.3) is 0 Å². The Morgan fingerprint density at radius 1 is 1.47 bits per heavy atom. The van der Waals surface area contributed by atoms with E-state index in [0.29, 0.717) is 5.82 Å². The van der Waals surface area contributed by atoms with Crippen molar-refractivity contribution in [3.63, 3.8) is 0 Å². The van der Waals surface area contributed by atoms with Crippen LogP contribution in [0.4, 0.5) is 4.39 Å². The maximum Gasteiger partial charge on any atom is 0.177 e. The lowest BCUT2D eigenvalue weighted by Gasteiger charge is -2.10. The van der Waals surface area contributed by atoms with E-state index in [1.54, 1.807) is 26.1 Å². The molecule has 0 aliphatic carbocycles. The quantitative estimate of drug-likeness (QED) is 0.861. The lowest BCUT2D eigenvalue weighted by Crippen LogP contribution is -2.06. The van der Waals surface area contributed by atoms with Crippen molar-refractivity contribution in [1.82, 2.24) is 20.2 Å². The zero-order valence-electron chi connectivity index (χ0n) is 9.63. The number of aromatic nitrogens is 4. The van der Waals surface area contributed by atoms with E-state index in [-0.39, 0.29) is 12.0 Å². The van der Waals surface area contributed by atoms with E-state index in [1.807, 2.05) is 0 Å². The summed E-state index contributed by atoms with van der Waals surface area (Å²) in [4.78, 5) is 1.30. The van der Waals surface area contributed by atoms with Gasteiger partial charge in [0.2, 0.25) is 0 Å². The van der Waals surface area contributed by atoms with Gasteiger partial charge in [-0.05, 0) is 23.8 Å². The van der Waals surface area contributed by atoms with Crippen LogP contribution >= 0.6 is 0 Å². The summed E-state index contributed by atoms with van der Waals surface area (Å²) in [5.41, 5.74) is 1.07. The average molecular weight is 236 g/mol. The third kappa shape index (κ3) is 2.65. The molecule has 1 heterocycles. The van der Waals surface area contributed by atoms with Gasteiger partial charge in [-0.2, -0.15) is 4.80 Å². The number of benzene rings is 1. The number of nitrogens with zero attached hydrogens (tertiary/aromatic N) is 4. The first kappa shape index (κ1) is 11.7. The summed E-state index contributed by atoms with van der Waals surface area (Å²) >= 11 is 0. The van der Waals surface area contributed by atoms with Crippen LogP contribution in [0.25, 0.3) is 0 Å². The van der Waals surface area contributed by atoms with E-state index >= 15 is 0 Å². The largest absolute Gasteiger partial charge is 0.388 e. The number of aryl methyl sites for hydroxylation is 2. The monoisotopic (exact) mass is 236 g/mol. The Morgan fingerprint density at radius 3 is 2.82 bits per heavy atom. The van der Waals surface area contributed by atoms with Crippen LogP contribution in [0.15, 0.2) is 18.2 Å². The standard InChI is InChI=1S/C11H13FN4O/c1-7-3-4-8(9(12)5-7)10(17)6-11-13-15-16(2)14-11/h3-5,10,17H,6H2,1-2H3. The van der Waals surface area contributed by atoms with Crippen LogP contribution in [0.2, 0.25) is 0 Å². The summed E-state index contributed by atoms with van der Waals surface area (Å²) in [6, 6.07) is 4.72. The van der Waals surface area contributed by atoms with Crippen molar-refractivity contribution in [2.24, 2.45) is 7.05 Å². The molecule has 1 N–H and O–H groups in total. The highest BCUT2D eigenvalue weighted by atomic mass is 19.1. The summed E-state index contributed by atoms with van der Waals surface area (Å²) < 4.78 is 13.6. The minimum Gasteiger partial charge on any atom is -0.388 e. The summed E-state index contributed by atoms with van der Waals surface area (Å²) in [6.07, 6.45) is -0.812. The molecule has 1 unspecified atom stereocenters. The van der Waals surface area contributed by atoms with Crippen molar-refractivity contribution in [3.05, 3.63) is 41.0 Å². The van der Waals surface area contributed by atoms with Crippen LogP contribution in [-0.2, 0) is 13.5 Å². The molecule has 0 amide bonds. The molecule has 0 saturated carbocycles. The number of hydrogen-bond donors (Lipinski definition) is 1. The van der Waals surface area contributed by atoms with Crippen molar-refractivity contribution in [1.29, 1.82) is 0 Å². The molecule has 1 aromatic heterocycles. The number of rotatable bonds is 3. The Balaban J connectivity index is 2.17. The summed E-state index contributed by atoms with van der Waals surface area (Å²) in [7, 11) is 1.63. The molecule has 0 radical (unpaired) electrons. The molecule has 1 atom stereocenters. The number of aliphatic hydroxyl groups excluding tert-OH is 1. The molecule has 2 aromatic rings. The number of halogens is 1. The molecular formula is C11H13FN4O.